The molecule has 9 aliphatic rings. The lowest BCUT2D eigenvalue weighted by atomic mass is 10.1. The molecule has 11 aromatic rings. The molecule has 590 valence electrons. The van der Waals surface area contributed by atoms with Gasteiger partial charge in [0.15, 0.2) is 46.0 Å². The fourth-order valence-electron chi connectivity index (χ4n) is 15.2. The van der Waals surface area contributed by atoms with Gasteiger partial charge in [-0.2, -0.15) is 0 Å². The SMILES string of the molecule is CN1C(=O)[C@@H](N)C2C[C@H]2c2nccnc21.CN1C(=O)[C@@H](NC(=O)c2cn(CC3=CC=[C+]C=C3)nn2)[C@H]2C[C@H]2c2nccnc21.CN1C(=O)[C@@H](NC(=O)c2cn(Cc3ccccc3)nn2)C2C[C@H]2c2nccnc21.CN1C(=O)[C@H](NC(=O)c2cn(Cc3ccccc3)nn2)[C@@H]2C[C@@H]2c2nccnc21.O=C(O)c1cn(Cc2ccccc2)nn1. The van der Waals surface area contributed by atoms with E-state index < -0.39 is 47.9 Å². The number of carboxylic acid groups (broad SMARTS) is 1. The quantitative estimate of drug-likeness (QED) is 0.0913. The summed E-state index contributed by atoms with van der Waals surface area (Å²) >= 11 is 0. The Morgan fingerprint density at radius 1 is 0.410 bits per heavy atom. The number of carbonyl (C=O) groups is 8. The smallest absolute Gasteiger partial charge is 0.358 e. The lowest BCUT2D eigenvalue weighted by Crippen LogP contribution is -2.48. The van der Waals surface area contributed by atoms with Gasteiger partial charge in [0.25, 0.3) is 35.4 Å². The summed E-state index contributed by atoms with van der Waals surface area (Å²) < 4.78 is 6.30. The normalized spacial score (nSPS) is 22.7. The molecule has 0 spiro atoms. The number of nitrogens with zero attached hydrogens (tertiary/aromatic N) is 24. The zero-order chi connectivity index (χ0) is 81.1. The Labute approximate surface area is 667 Å². The number of carbonyl (C=O) groups excluding carboxylic acids is 7. The van der Waals surface area contributed by atoms with E-state index >= 15 is 0 Å². The first-order valence-electron chi connectivity index (χ1n) is 37.7. The molecule has 4 saturated carbocycles. The number of benzene rings is 3. The van der Waals surface area contributed by atoms with Gasteiger partial charge in [-0.3, -0.25) is 73.1 Å². The van der Waals surface area contributed by atoms with Crippen molar-refractivity contribution in [2.75, 3.05) is 47.8 Å². The van der Waals surface area contributed by atoms with E-state index in [-0.39, 0.29) is 87.8 Å². The van der Waals surface area contributed by atoms with Gasteiger partial charge >= 0.3 is 5.97 Å². The van der Waals surface area contributed by atoms with Crippen LogP contribution in [0.3, 0.4) is 0 Å². The van der Waals surface area contributed by atoms with Gasteiger partial charge in [0.2, 0.25) is 5.91 Å². The van der Waals surface area contributed by atoms with E-state index in [1.54, 1.807) is 110 Å². The van der Waals surface area contributed by atoms with E-state index in [0.29, 0.717) is 55.4 Å². The number of rotatable bonds is 15. The third kappa shape index (κ3) is 16.6. The molecular formula is C80H77N28O9+. The van der Waals surface area contributed by atoms with Crippen molar-refractivity contribution in [2.45, 2.75) is 99.7 Å². The van der Waals surface area contributed by atoms with Crippen LogP contribution in [0, 0.1) is 29.7 Å². The summed E-state index contributed by atoms with van der Waals surface area (Å²) in [5, 5.41) is 48.5. The maximum absolute atomic E-state index is 13.0. The number of carboxylic acids is 1. The summed E-state index contributed by atoms with van der Waals surface area (Å²) in [7, 11) is 6.69. The number of allylic oxidation sites excluding steroid dienone is 6. The van der Waals surface area contributed by atoms with Crippen molar-refractivity contribution in [3.63, 3.8) is 0 Å². The lowest BCUT2D eigenvalue weighted by molar-refractivity contribution is -0.121. The van der Waals surface area contributed by atoms with Crippen LogP contribution < -0.4 is 41.3 Å². The Hall–Kier alpha value is -14.6. The first kappa shape index (κ1) is 76.4. The molecule has 37 nitrogen and oxygen atoms in total. The van der Waals surface area contributed by atoms with Gasteiger partial charge in [-0.1, -0.05) is 112 Å². The summed E-state index contributed by atoms with van der Waals surface area (Å²) in [5.74, 6) is 0.473. The molecule has 117 heavy (non-hydrogen) atoms. The maximum atomic E-state index is 13.0. The van der Waals surface area contributed by atoms with Crippen LogP contribution in [0.2, 0.25) is 0 Å². The third-order valence-corrected chi connectivity index (χ3v) is 21.6. The molecule has 20 rings (SSSR count). The fraction of sp³-hybridized carbons (Fsp3) is 0.300. The number of aromatic nitrogens is 20. The molecule has 8 aromatic heterocycles. The number of nitrogens with one attached hydrogen (secondary N) is 3. The average molecular weight is 1570 g/mol. The van der Waals surface area contributed by atoms with Crippen molar-refractivity contribution in [2.24, 2.45) is 29.4 Å². The van der Waals surface area contributed by atoms with E-state index in [4.69, 9.17) is 10.8 Å². The summed E-state index contributed by atoms with van der Waals surface area (Å²) in [6.07, 6.45) is 32.9. The average Bonchev–Trinajstić information content (AvgIpc) is 1.61. The third-order valence-electron chi connectivity index (χ3n) is 21.6. The van der Waals surface area contributed by atoms with Gasteiger partial charge in [0, 0.05) is 108 Å². The van der Waals surface area contributed by atoms with E-state index in [9.17, 15) is 38.4 Å². The Bertz CT molecular complexity index is 5520. The molecule has 0 saturated heterocycles. The molecule has 7 amide bonds. The number of nitrogens with two attached hydrogens (primary N) is 1. The van der Waals surface area contributed by atoms with Crippen LogP contribution in [0.4, 0.5) is 23.3 Å². The van der Waals surface area contributed by atoms with Crippen molar-refractivity contribution in [3.05, 3.63) is 264 Å². The number of anilines is 4. The first-order chi connectivity index (χ1) is 56.8. The van der Waals surface area contributed by atoms with Crippen molar-refractivity contribution < 1.29 is 43.5 Å². The van der Waals surface area contributed by atoms with Crippen LogP contribution in [0.1, 0.15) is 131 Å². The summed E-state index contributed by atoms with van der Waals surface area (Å²) in [4.78, 5) is 140. The molecule has 4 fully saturated rings. The highest BCUT2D eigenvalue weighted by Crippen LogP contribution is 2.56. The zero-order valence-corrected chi connectivity index (χ0v) is 63.5. The number of hydrogen-bond acceptors (Lipinski definition) is 25. The Kier molecular flexibility index (Phi) is 21.4. The molecule has 6 N–H and O–H groups in total. The number of hydrogen-bond donors (Lipinski definition) is 5. The predicted octanol–water partition coefficient (Wildman–Crippen LogP) is 3.70. The number of aromatic carboxylic acids is 1. The Morgan fingerprint density at radius 3 is 1.03 bits per heavy atom. The lowest BCUT2D eigenvalue weighted by Gasteiger charge is -2.22. The van der Waals surface area contributed by atoms with Crippen LogP contribution in [0.5, 0.6) is 0 Å². The van der Waals surface area contributed by atoms with Gasteiger partial charge < -0.3 is 26.8 Å². The second-order valence-electron chi connectivity index (χ2n) is 29.4. The Balaban J connectivity index is 0.000000112. The van der Waals surface area contributed by atoms with Crippen molar-refractivity contribution >= 4 is 70.6 Å². The van der Waals surface area contributed by atoms with Gasteiger partial charge in [-0.25, -0.2) is 43.5 Å². The summed E-state index contributed by atoms with van der Waals surface area (Å²) in [6, 6.07) is 27.0. The minimum atomic E-state index is -1.06. The molecule has 2 unspecified atom stereocenters. The minimum Gasteiger partial charge on any atom is -0.476 e. The monoisotopic (exact) mass is 1570 g/mol. The molecule has 4 aliphatic heterocycles. The number of fused-ring (bicyclic) bond motifs is 12. The van der Waals surface area contributed by atoms with E-state index in [2.05, 4.69) is 103 Å². The number of amides is 7. The van der Waals surface area contributed by atoms with Crippen LogP contribution in [-0.4, -0.2) is 205 Å². The zero-order valence-electron chi connectivity index (χ0n) is 63.5. The molecule has 12 atom stereocenters. The second kappa shape index (κ2) is 32.8. The highest BCUT2D eigenvalue weighted by molar-refractivity contribution is 6.05. The van der Waals surface area contributed by atoms with Gasteiger partial charge in [0.05, 0.1) is 97.5 Å². The van der Waals surface area contributed by atoms with E-state index in [0.717, 1.165) is 70.7 Å². The topological polar surface area (TPSA) is 458 Å². The maximum Gasteiger partial charge on any atom is 0.358 e. The summed E-state index contributed by atoms with van der Waals surface area (Å²) in [6.45, 7) is 2.06. The van der Waals surface area contributed by atoms with Crippen molar-refractivity contribution in [1.82, 2.24) is 116 Å². The molecule has 12 heterocycles. The first-order valence-corrected chi connectivity index (χ1v) is 37.7. The minimum absolute atomic E-state index is 0.0162. The van der Waals surface area contributed by atoms with Gasteiger partial charge in [-0.05, 0) is 66.0 Å². The van der Waals surface area contributed by atoms with Crippen molar-refractivity contribution in [1.29, 1.82) is 0 Å². The Morgan fingerprint density at radius 2 is 0.709 bits per heavy atom. The molecule has 37 heteroatoms. The molecule has 0 bridgehead atoms. The molecule has 0 radical (unpaired) electrons. The fourth-order valence-corrected chi connectivity index (χ4v) is 15.2. The summed E-state index contributed by atoms with van der Waals surface area (Å²) in [5.41, 5.74) is 14.0. The standard InChI is InChI=1S/2C20H19N7O2.C20H17N7O2.C10H12N4O.C10H9N3O2/c3*1-26-18-16(21-7-8-22-18)13-9-14(13)17(20(26)29)23-19(28)15-11-27(25-24-15)10-12-5-3-2-4-6-12;1-14-9-8(12-2-3-13-9)6-4-5(6)7(11)10(14)15;14-10(15)9-7-13(12-11-9)6-8-4-2-1-3-5-8/h2*2-8,11,13-14,17H,9-10H2,1H3,(H,23,28);3-8,11,13-14,17H,9-10H2,1H3;2-3,5-7H,4,11H2,1H3;1-5,7H,6H2,(H,14,15)/p+1/t13-,14?,17+;2*13-,14+,17+;5?,6-,7+;/m1011./s1. The highest BCUT2D eigenvalue weighted by atomic mass is 16.4. The van der Waals surface area contributed by atoms with Gasteiger partial charge in [-0.15, -0.1) is 20.4 Å². The van der Waals surface area contributed by atoms with Crippen LogP contribution in [0.15, 0.2) is 195 Å². The predicted molar refractivity (Wildman–Crippen MR) is 416 cm³/mol. The van der Waals surface area contributed by atoms with Crippen LogP contribution in [-0.2, 0) is 45.4 Å². The highest BCUT2D eigenvalue weighted by Gasteiger charge is 2.57. The van der Waals surface area contributed by atoms with Gasteiger partial charge in [0.1, 0.15) is 30.3 Å². The van der Waals surface area contributed by atoms with E-state index in [1.807, 2.05) is 115 Å². The molecule has 5 aliphatic carbocycles. The van der Waals surface area contributed by atoms with Crippen molar-refractivity contribution in [3.8, 4) is 0 Å². The largest absolute Gasteiger partial charge is 0.476 e. The van der Waals surface area contributed by atoms with Crippen LogP contribution in [0.25, 0.3) is 0 Å². The van der Waals surface area contributed by atoms with E-state index in [1.165, 1.54) is 30.5 Å². The molecule has 3 aromatic carbocycles. The number of likely N-dealkylation sites (N-methyl/N-ethyl adjacent to an activating group) is 4. The molecular weight excluding hydrogens is 1500 g/mol. The second-order valence-corrected chi connectivity index (χ2v) is 29.4. The van der Waals surface area contributed by atoms with Crippen LogP contribution >= 0.6 is 0 Å².